The van der Waals surface area contributed by atoms with E-state index in [-0.39, 0.29) is 17.6 Å². The Hall–Kier alpha value is -2.53. The van der Waals surface area contributed by atoms with Gasteiger partial charge in [-0.15, -0.1) is 11.3 Å². The lowest BCUT2D eigenvalue weighted by Crippen LogP contribution is -2.18. The molecule has 0 spiro atoms. The Balaban J connectivity index is 1.59. The normalized spacial score (nSPS) is 12.2. The molecule has 2 aromatic carbocycles. The minimum absolute atomic E-state index is 0.0701. The summed E-state index contributed by atoms with van der Waals surface area (Å²) in [5.74, 6) is 0.0460. The SMILES string of the molecule is CC(C)Cc1ccc(C(C)C(=O)Nc2ncc(Cc3ccc(F)cc3)s2)cc1. The smallest absolute Gasteiger partial charge is 0.233 e. The first kappa shape index (κ1) is 20.2. The largest absolute Gasteiger partial charge is 0.301 e. The van der Waals surface area contributed by atoms with Crippen molar-refractivity contribution < 1.29 is 9.18 Å². The van der Waals surface area contributed by atoms with E-state index in [2.05, 4.69) is 36.3 Å². The maximum absolute atomic E-state index is 13.0. The number of nitrogens with zero attached hydrogens (tertiary/aromatic N) is 1. The predicted molar refractivity (Wildman–Crippen MR) is 113 cm³/mol. The minimum atomic E-state index is -0.252. The Kier molecular flexibility index (Phi) is 6.57. The standard InChI is InChI=1S/C23H25FN2OS/c1-15(2)12-17-4-8-19(9-5-17)16(3)22(27)26-23-25-14-21(28-23)13-18-6-10-20(24)11-7-18/h4-11,14-16H,12-13H2,1-3H3,(H,25,26,27). The summed E-state index contributed by atoms with van der Waals surface area (Å²) in [5.41, 5.74) is 3.29. The number of nitrogens with one attached hydrogen (secondary N) is 1. The second-order valence-corrected chi connectivity index (χ2v) is 8.60. The van der Waals surface area contributed by atoms with Gasteiger partial charge in [0.2, 0.25) is 5.91 Å². The van der Waals surface area contributed by atoms with Crippen LogP contribution in [0.25, 0.3) is 0 Å². The summed E-state index contributed by atoms with van der Waals surface area (Å²) in [5, 5.41) is 3.50. The molecule has 1 heterocycles. The molecule has 28 heavy (non-hydrogen) atoms. The summed E-state index contributed by atoms with van der Waals surface area (Å²) in [4.78, 5) is 17.9. The van der Waals surface area contributed by atoms with Crippen molar-refractivity contribution in [2.75, 3.05) is 5.32 Å². The fourth-order valence-corrected chi connectivity index (χ4v) is 3.88. The lowest BCUT2D eigenvalue weighted by Gasteiger charge is -2.12. The molecule has 0 aliphatic carbocycles. The van der Waals surface area contributed by atoms with Gasteiger partial charge in [-0.05, 0) is 48.1 Å². The first-order valence-electron chi connectivity index (χ1n) is 9.49. The highest BCUT2D eigenvalue weighted by Gasteiger charge is 2.17. The molecule has 1 atom stereocenters. The molecule has 0 radical (unpaired) electrons. The number of carbonyl (C=O) groups excluding carboxylic acids is 1. The van der Waals surface area contributed by atoms with E-state index in [9.17, 15) is 9.18 Å². The van der Waals surface area contributed by atoms with Gasteiger partial charge in [0.1, 0.15) is 5.82 Å². The Labute approximate surface area is 169 Å². The number of aromatic nitrogens is 1. The molecule has 1 aromatic heterocycles. The summed E-state index contributed by atoms with van der Waals surface area (Å²) in [6.07, 6.45) is 3.46. The number of rotatable bonds is 7. The lowest BCUT2D eigenvalue weighted by molar-refractivity contribution is -0.117. The number of carbonyl (C=O) groups is 1. The fourth-order valence-electron chi connectivity index (χ4n) is 3.03. The number of halogens is 1. The number of benzene rings is 2. The average Bonchev–Trinajstić information content (AvgIpc) is 3.10. The molecule has 1 N–H and O–H groups in total. The highest BCUT2D eigenvalue weighted by Crippen LogP contribution is 2.24. The molecule has 0 bridgehead atoms. The van der Waals surface area contributed by atoms with Crippen molar-refractivity contribution in [3.63, 3.8) is 0 Å². The van der Waals surface area contributed by atoms with E-state index in [1.165, 1.54) is 29.0 Å². The van der Waals surface area contributed by atoms with Gasteiger partial charge >= 0.3 is 0 Å². The Morgan fingerprint density at radius 3 is 2.32 bits per heavy atom. The third-order valence-corrected chi connectivity index (χ3v) is 5.51. The third-order valence-electron chi connectivity index (χ3n) is 4.59. The Morgan fingerprint density at radius 2 is 1.68 bits per heavy atom. The predicted octanol–water partition coefficient (Wildman–Crippen LogP) is 5.81. The quantitative estimate of drug-likeness (QED) is 0.547. The van der Waals surface area contributed by atoms with Crippen LogP contribution in [0.15, 0.2) is 54.7 Å². The zero-order valence-electron chi connectivity index (χ0n) is 16.4. The summed E-state index contributed by atoms with van der Waals surface area (Å²) in [6.45, 7) is 6.30. The summed E-state index contributed by atoms with van der Waals surface area (Å²) < 4.78 is 13.0. The van der Waals surface area contributed by atoms with Crippen molar-refractivity contribution in [3.8, 4) is 0 Å². The molecule has 3 aromatic rings. The second kappa shape index (κ2) is 9.11. The summed E-state index contributed by atoms with van der Waals surface area (Å²) in [7, 11) is 0. The number of amides is 1. The molecule has 0 aliphatic rings. The topological polar surface area (TPSA) is 42.0 Å². The van der Waals surface area contributed by atoms with Gasteiger partial charge in [-0.3, -0.25) is 4.79 Å². The van der Waals surface area contributed by atoms with Crippen LogP contribution in [0.5, 0.6) is 0 Å². The van der Waals surface area contributed by atoms with Gasteiger partial charge in [0.15, 0.2) is 5.13 Å². The van der Waals surface area contributed by atoms with Crippen molar-refractivity contribution in [2.24, 2.45) is 5.92 Å². The zero-order valence-corrected chi connectivity index (χ0v) is 17.2. The van der Waals surface area contributed by atoms with Gasteiger partial charge in [-0.2, -0.15) is 0 Å². The molecule has 3 nitrogen and oxygen atoms in total. The maximum Gasteiger partial charge on any atom is 0.233 e. The first-order valence-corrected chi connectivity index (χ1v) is 10.3. The highest BCUT2D eigenvalue weighted by molar-refractivity contribution is 7.15. The maximum atomic E-state index is 13.0. The van der Waals surface area contributed by atoms with Crippen LogP contribution in [0.1, 0.15) is 48.3 Å². The molecule has 0 saturated carbocycles. The van der Waals surface area contributed by atoms with Gasteiger partial charge < -0.3 is 5.32 Å². The molecular formula is C23H25FN2OS. The van der Waals surface area contributed by atoms with Gasteiger partial charge in [-0.1, -0.05) is 50.2 Å². The Morgan fingerprint density at radius 1 is 1.04 bits per heavy atom. The summed E-state index contributed by atoms with van der Waals surface area (Å²) >= 11 is 1.45. The van der Waals surface area contributed by atoms with Crippen LogP contribution in [-0.2, 0) is 17.6 Å². The fraction of sp³-hybridized carbons (Fsp3) is 0.304. The van der Waals surface area contributed by atoms with Gasteiger partial charge in [0, 0.05) is 17.5 Å². The molecule has 3 rings (SSSR count). The number of hydrogen-bond acceptors (Lipinski definition) is 3. The van der Waals surface area contributed by atoms with Crippen molar-refractivity contribution in [1.29, 1.82) is 0 Å². The van der Waals surface area contributed by atoms with E-state index in [1.54, 1.807) is 18.3 Å². The van der Waals surface area contributed by atoms with Crippen LogP contribution >= 0.6 is 11.3 Å². The average molecular weight is 397 g/mol. The minimum Gasteiger partial charge on any atom is -0.301 e. The van der Waals surface area contributed by atoms with E-state index in [0.717, 1.165) is 22.4 Å². The van der Waals surface area contributed by atoms with Gasteiger partial charge in [0.25, 0.3) is 0 Å². The molecular weight excluding hydrogens is 371 g/mol. The molecule has 0 aliphatic heterocycles. The van der Waals surface area contributed by atoms with Crippen molar-refractivity contribution in [1.82, 2.24) is 4.98 Å². The van der Waals surface area contributed by atoms with Crippen molar-refractivity contribution in [3.05, 3.63) is 82.1 Å². The highest BCUT2D eigenvalue weighted by atomic mass is 32.1. The van der Waals surface area contributed by atoms with Crippen LogP contribution in [0.3, 0.4) is 0 Å². The van der Waals surface area contributed by atoms with E-state index in [0.29, 0.717) is 17.5 Å². The number of thiazole rings is 1. The van der Waals surface area contributed by atoms with Crippen molar-refractivity contribution >= 4 is 22.4 Å². The van der Waals surface area contributed by atoms with Crippen molar-refractivity contribution in [2.45, 2.75) is 39.5 Å². The van der Waals surface area contributed by atoms with Crippen LogP contribution in [0.4, 0.5) is 9.52 Å². The van der Waals surface area contributed by atoms with E-state index >= 15 is 0 Å². The van der Waals surface area contributed by atoms with Crippen LogP contribution < -0.4 is 5.32 Å². The zero-order chi connectivity index (χ0) is 20.1. The molecule has 146 valence electrons. The molecule has 5 heteroatoms. The molecule has 1 amide bonds. The lowest BCUT2D eigenvalue weighted by atomic mass is 9.96. The van der Waals surface area contributed by atoms with E-state index < -0.39 is 0 Å². The third kappa shape index (κ3) is 5.49. The molecule has 0 fully saturated rings. The molecule has 1 unspecified atom stereocenters. The monoisotopic (exact) mass is 396 g/mol. The van der Waals surface area contributed by atoms with Gasteiger partial charge in [-0.25, -0.2) is 9.37 Å². The van der Waals surface area contributed by atoms with Gasteiger partial charge in [0.05, 0.1) is 5.92 Å². The van der Waals surface area contributed by atoms with E-state index in [4.69, 9.17) is 0 Å². The number of anilines is 1. The van der Waals surface area contributed by atoms with Crippen LogP contribution in [0, 0.1) is 11.7 Å². The number of hydrogen-bond donors (Lipinski definition) is 1. The second-order valence-electron chi connectivity index (χ2n) is 7.49. The van der Waals surface area contributed by atoms with E-state index in [1.807, 2.05) is 19.1 Å². The summed E-state index contributed by atoms with van der Waals surface area (Å²) in [6, 6.07) is 14.7. The van der Waals surface area contributed by atoms with Crippen LogP contribution in [-0.4, -0.2) is 10.9 Å². The first-order chi connectivity index (χ1) is 13.4. The van der Waals surface area contributed by atoms with Crippen LogP contribution in [0.2, 0.25) is 0 Å². The Bertz CT molecular complexity index is 917. The molecule has 0 saturated heterocycles.